The molecular formula is C13H16N2O4S2. The van der Waals surface area contributed by atoms with Gasteiger partial charge in [-0.2, -0.15) is 21.7 Å². The van der Waals surface area contributed by atoms with E-state index in [9.17, 15) is 13.2 Å². The topological polar surface area (TPSA) is 107 Å². The van der Waals surface area contributed by atoms with Gasteiger partial charge in [-0.25, -0.2) is 8.42 Å². The van der Waals surface area contributed by atoms with Crippen LogP contribution in [0, 0.1) is 18.3 Å². The molecule has 0 amide bonds. The van der Waals surface area contributed by atoms with Gasteiger partial charge in [0.25, 0.3) is 0 Å². The number of nitrogens with one attached hydrogen (secondary N) is 1. The molecule has 0 spiro atoms. The molecule has 0 aromatic heterocycles. The molecule has 1 aromatic carbocycles. The first-order valence-electron chi connectivity index (χ1n) is 6.06. The normalized spacial score (nSPS) is 12.6. The number of nitrogens with zero attached hydrogens (tertiary/aromatic N) is 1. The Labute approximate surface area is 128 Å². The highest BCUT2D eigenvalue weighted by Crippen LogP contribution is 2.17. The van der Waals surface area contributed by atoms with Gasteiger partial charge in [-0.15, -0.1) is 0 Å². The summed E-state index contributed by atoms with van der Waals surface area (Å²) < 4.78 is 26.7. The second-order valence-electron chi connectivity index (χ2n) is 4.39. The summed E-state index contributed by atoms with van der Waals surface area (Å²) in [4.78, 5) is 11.1. The predicted molar refractivity (Wildman–Crippen MR) is 80.6 cm³/mol. The van der Waals surface area contributed by atoms with Crippen LogP contribution in [0.15, 0.2) is 23.1 Å². The standard InChI is InChI=1S/C13H16N2O4S2/c1-9-7-10(8-14)3-4-12(9)21(18,19)15-11(13(16)17)5-6-20-2/h3-4,7,11,15H,5-6H2,1-2H3,(H,16,17). The lowest BCUT2D eigenvalue weighted by molar-refractivity contribution is -0.139. The maximum absolute atomic E-state index is 12.3. The number of benzene rings is 1. The molecule has 21 heavy (non-hydrogen) atoms. The van der Waals surface area contributed by atoms with Crippen molar-refractivity contribution in [3.8, 4) is 6.07 Å². The SMILES string of the molecule is CSCCC(NS(=O)(=O)c1ccc(C#N)cc1C)C(=O)O. The summed E-state index contributed by atoms with van der Waals surface area (Å²) >= 11 is 1.44. The summed E-state index contributed by atoms with van der Waals surface area (Å²) in [5.41, 5.74) is 0.749. The Bertz CT molecular complexity index is 665. The molecule has 0 saturated heterocycles. The van der Waals surface area contributed by atoms with Crippen molar-refractivity contribution < 1.29 is 18.3 Å². The number of sulfonamides is 1. The Morgan fingerprint density at radius 3 is 2.67 bits per heavy atom. The second-order valence-corrected chi connectivity index (χ2v) is 7.05. The molecule has 0 aliphatic carbocycles. The third kappa shape index (κ3) is 4.74. The molecule has 1 rings (SSSR count). The minimum absolute atomic E-state index is 0.0168. The summed E-state index contributed by atoms with van der Waals surface area (Å²) in [5, 5.41) is 17.9. The quantitative estimate of drug-likeness (QED) is 0.782. The van der Waals surface area contributed by atoms with Gasteiger partial charge >= 0.3 is 5.97 Å². The molecule has 0 bridgehead atoms. The highest BCUT2D eigenvalue weighted by Gasteiger charge is 2.26. The van der Waals surface area contributed by atoms with Crippen LogP contribution in [0.25, 0.3) is 0 Å². The molecule has 1 atom stereocenters. The minimum atomic E-state index is -3.94. The highest BCUT2D eigenvalue weighted by atomic mass is 32.2. The summed E-state index contributed by atoms with van der Waals surface area (Å²) in [7, 11) is -3.94. The lowest BCUT2D eigenvalue weighted by Gasteiger charge is -2.15. The van der Waals surface area contributed by atoms with Gasteiger partial charge in [-0.1, -0.05) is 0 Å². The predicted octanol–water partition coefficient (Wildman–Crippen LogP) is 1.35. The third-order valence-corrected chi connectivity index (χ3v) is 5.08. The molecule has 2 N–H and O–H groups in total. The molecule has 0 aliphatic rings. The fraction of sp³-hybridized carbons (Fsp3) is 0.385. The van der Waals surface area contributed by atoms with Crippen molar-refractivity contribution in [1.82, 2.24) is 4.72 Å². The van der Waals surface area contributed by atoms with E-state index < -0.39 is 22.0 Å². The Morgan fingerprint density at radius 2 is 2.19 bits per heavy atom. The molecule has 0 fully saturated rings. The van der Waals surface area contributed by atoms with Gasteiger partial charge in [-0.3, -0.25) is 4.79 Å². The lowest BCUT2D eigenvalue weighted by atomic mass is 10.2. The van der Waals surface area contributed by atoms with E-state index in [1.165, 1.54) is 30.0 Å². The van der Waals surface area contributed by atoms with Gasteiger partial charge in [0, 0.05) is 0 Å². The van der Waals surface area contributed by atoms with E-state index in [1.54, 1.807) is 6.92 Å². The second kappa shape index (κ2) is 7.45. The zero-order valence-corrected chi connectivity index (χ0v) is 13.3. The smallest absolute Gasteiger partial charge is 0.321 e. The number of nitriles is 1. The number of hydrogen-bond donors (Lipinski definition) is 2. The van der Waals surface area contributed by atoms with Gasteiger partial charge in [0.1, 0.15) is 6.04 Å². The van der Waals surface area contributed by atoms with E-state index in [1.807, 2.05) is 12.3 Å². The molecule has 1 unspecified atom stereocenters. The molecule has 0 saturated carbocycles. The molecule has 0 heterocycles. The Kier molecular flexibility index (Phi) is 6.20. The summed E-state index contributed by atoms with van der Waals surface area (Å²) in [5.74, 6) is -0.676. The van der Waals surface area contributed by atoms with Crippen LogP contribution in [0.2, 0.25) is 0 Å². The molecular weight excluding hydrogens is 312 g/mol. The fourth-order valence-electron chi connectivity index (χ4n) is 1.74. The average molecular weight is 328 g/mol. The largest absolute Gasteiger partial charge is 0.480 e. The minimum Gasteiger partial charge on any atom is -0.480 e. The van der Waals surface area contributed by atoms with E-state index in [0.717, 1.165) is 0 Å². The van der Waals surface area contributed by atoms with Crippen LogP contribution in [0.4, 0.5) is 0 Å². The third-order valence-electron chi connectivity index (χ3n) is 2.80. The van der Waals surface area contributed by atoms with Gasteiger partial charge in [-0.05, 0) is 49.1 Å². The number of aryl methyl sites for hydroxylation is 1. The van der Waals surface area contributed by atoms with Gasteiger partial charge in [0.2, 0.25) is 10.0 Å². The fourth-order valence-corrected chi connectivity index (χ4v) is 3.66. The molecule has 114 valence electrons. The highest BCUT2D eigenvalue weighted by molar-refractivity contribution is 7.98. The zero-order chi connectivity index (χ0) is 16.0. The van der Waals surface area contributed by atoms with Crippen LogP contribution in [-0.2, 0) is 14.8 Å². The first-order valence-corrected chi connectivity index (χ1v) is 8.94. The Balaban J connectivity index is 3.05. The molecule has 0 aliphatic heterocycles. The number of carboxylic acid groups (broad SMARTS) is 1. The number of thioether (sulfide) groups is 1. The van der Waals surface area contributed by atoms with Crippen molar-refractivity contribution >= 4 is 27.8 Å². The molecule has 0 radical (unpaired) electrons. The summed E-state index contributed by atoms with van der Waals surface area (Å²) in [6.45, 7) is 1.56. The van der Waals surface area contributed by atoms with Crippen molar-refractivity contribution in [2.24, 2.45) is 0 Å². The number of hydrogen-bond acceptors (Lipinski definition) is 5. The van der Waals surface area contributed by atoms with Gasteiger partial charge in [0.15, 0.2) is 0 Å². The van der Waals surface area contributed by atoms with E-state index in [-0.39, 0.29) is 11.3 Å². The van der Waals surface area contributed by atoms with Crippen molar-refractivity contribution in [2.45, 2.75) is 24.3 Å². The Hall–Kier alpha value is -1.56. The number of rotatable bonds is 7. The molecule has 1 aromatic rings. The molecule has 6 nitrogen and oxygen atoms in total. The van der Waals surface area contributed by atoms with Crippen LogP contribution in [0.5, 0.6) is 0 Å². The van der Waals surface area contributed by atoms with E-state index in [2.05, 4.69) is 4.72 Å². The first kappa shape index (κ1) is 17.5. The van der Waals surface area contributed by atoms with Crippen molar-refractivity contribution in [3.05, 3.63) is 29.3 Å². The first-order chi connectivity index (χ1) is 9.81. The van der Waals surface area contributed by atoms with Crippen LogP contribution >= 0.6 is 11.8 Å². The van der Waals surface area contributed by atoms with Crippen LogP contribution in [-0.4, -0.2) is 37.5 Å². The number of carboxylic acids is 1. The number of carbonyl (C=O) groups is 1. The number of aliphatic carboxylic acids is 1. The summed E-state index contributed by atoms with van der Waals surface area (Å²) in [6, 6.07) is 4.90. The average Bonchev–Trinajstić information content (AvgIpc) is 2.42. The monoisotopic (exact) mass is 328 g/mol. The Morgan fingerprint density at radius 1 is 1.52 bits per heavy atom. The lowest BCUT2D eigenvalue weighted by Crippen LogP contribution is -2.41. The van der Waals surface area contributed by atoms with Gasteiger partial charge in [0.05, 0.1) is 16.5 Å². The van der Waals surface area contributed by atoms with Crippen LogP contribution in [0.1, 0.15) is 17.5 Å². The van der Waals surface area contributed by atoms with E-state index in [4.69, 9.17) is 10.4 Å². The van der Waals surface area contributed by atoms with Crippen molar-refractivity contribution in [2.75, 3.05) is 12.0 Å². The van der Waals surface area contributed by atoms with Crippen LogP contribution < -0.4 is 4.72 Å². The van der Waals surface area contributed by atoms with Crippen molar-refractivity contribution in [1.29, 1.82) is 5.26 Å². The maximum atomic E-state index is 12.3. The zero-order valence-electron chi connectivity index (χ0n) is 11.7. The van der Waals surface area contributed by atoms with E-state index in [0.29, 0.717) is 16.9 Å². The summed E-state index contributed by atoms with van der Waals surface area (Å²) in [6.07, 6.45) is 2.02. The maximum Gasteiger partial charge on any atom is 0.321 e. The molecule has 8 heteroatoms. The van der Waals surface area contributed by atoms with Gasteiger partial charge < -0.3 is 5.11 Å². The van der Waals surface area contributed by atoms with Crippen LogP contribution in [0.3, 0.4) is 0 Å². The van der Waals surface area contributed by atoms with E-state index >= 15 is 0 Å². The van der Waals surface area contributed by atoms with Crippen molar-refractivity contribution in [3.63, 3.8) is 0 Å².